The molecule has 0 bridgehead atoms. The molecule has 0 aromatic carbocycles. The second kappa shape index (κ2) is 5.39. The standard InChI is InChI=1S/C12H12N2O5S2/c13-8-10(16)14-9(12(17)18)5(4-21-11(8)14)3-20-6-1-7(15)19-2-6/h1,8,11H,2-4,13H2,(H,17,18)/t8-,11+/m1/s1. The van der Waals surface area contributed by atoms with E-state index in [0.717, 1.165) is 4.91 Å². The normalized spacial score (nSPS) is 28.0. The second-order valence-electron chi connectivity index (χ2n) is 4.70. The highest BCUT2D eigenvalue weighted by molar-refractivity contribution is 8.03. The Labute approximate surface area is 128 Å². The number of amides is 1. The number of rotatable bonds is 4. The van der Waals surface area contributed by atoms with Gasteiger partial charge in [0.05, 0.1) is 0 Å². The summed E-state index contributed by atoms with van der Waals surface area (Å²) in [6.45, 7) is 0.225. The summed E-state index contributed by atoms with van der Waals surface area (Å²) in [5.74, 6) is -0.941. The lowest BCUT2D eigenvalue weighted by Crippen LogP contribution is -2.68. The Kier molecular flexibility index (Phi) is 3.72. The van der Waals surface area contributed by atoms with Crippen molar-refractivity contribution in [1.82, 2.24) is 4.90 Å². The zero-order valence-electron chi connectivity index (χ0n) is 10.8. The lowest BCUT2D eigenvalue weighted by Gasteiger charge is -2.48. The fraction of sp³-hybridized carbons (Fsp3) is 0.417. The van der Waals surface area contributed by atoms with Crippen LogP contribution in [0, 0.1) is 0 Å². The highest BCUT2D eigenvalue weighted by Crippen LogP contribution is 2.40. The third-order valence-electron chi connectivity index (χ3n) is 3.36. The fourth-order valence-corrected chi connectivity index (χ4v) is 4.65. The first-order chi connectivity index (χ1) is 9.99. The van der Waals surface area contributed by atoms with Crippen molar-refractivity contribution in [2.75, 3.05) is 18.1 Å². The van der Waals surface area contributed by atoms with Crippen LogP contribution in [0.15, 0.2) is 22.3 Å². The smallest absolute Gasteiger partial charge is 0.352 e. The number of carbonyl (C=O) groups is 3. The average Bonchev–Trinajstić information content (AvgIpc) is 2.88. The monoisotopic (exact) mass is 328 g/mol. The fourth-order valence-electron chi connectivity index (χ4n) is 2.31. The zero-order chi connectivity index (χ0) is 15.1. The molecule has 3 aliphatic rings. The summed E-state index contributed by atoms with van der Waals surface area (Å²) in [6, 6.07) is -0.623. The molecule has 2 atom stereocenters. The Morgan fingerprint density at radius 1 is 1.57 bits per heavy atom. The molecular formula is C12H12N2O5S2. The van der Waals surface area contributed by atoms with E-state index in [2.05, 4.69) is 0 Å². The molecule has 0 saturated carbocycles. The van der Waals surface area contributed by atoms with Crippen molar-refractivity contribution in [2.45, 2.75) is 11.4 Å². The van der Waals surface area contributed by atoms with Crippen molar-refractivity contribution in [3.05, 3.63) is 22.3 Å². The molecule has 0 radical (unpaired) electrons. The number of nitrogens with zero attached hydrogens (tertiary/aromatic N) is 1. The number of ether oxygens (including phenoxy) is 1. The van der Waals surface area contributed by atoms with Crippen LogP contribution in [-0.4, -0.2) is 57.4 Å². The lowest BCUT2D eigenvalue weighted by molar-refractivity contribution is -0.147. The number of β-lactam (4-membered cyclic amide) rings is 1. The molecule has 0 aromatic heterocycles. The van der Waals surface area contributed by atoms with E-state index >= 15 is 0 Å². The van der Waals surface area contributed by atoms with Crippen molar-refractivity contribution in [2.24, 2.45) is 5.73 Å². The van der Waals surface area contributed by atoms with Crippen molar-refractivity contribution < 1.29 is 24.2 Å². The second-order valence-corrected chi connectivity index (χ2v) is 6.91. The zero-order valence-corrected chi connectivity index (χ0v) is 12.4. The summed E-state index contributed by atoms with van der Waals surface area (Å²) in [4.78, 5) is 36.2. The van der Waals surface area contributed by atoms with Gasteiger partial charge < -0.3 is 15.6 Å². The number of carboxylic acids is 1. The topological polar surface area (TPSA) is 110 Å². The third-order valence-corrected chi connectivity index (χ3v) is 5.82. The van der Waals surface area contributed by atoms with Crippen molar-refractivity contribution in [3.8, 4) is 0 Å². The van der Waals surface area contributed by atoms with Gasteiger partial charge in [-0.3, -0.25) is 9.69 Å². The quantitative estimate of drug-likeness (QED) is 0.536. The molecule has 1 saturated heterocycles. The minimum absolute atomic E-state index is 0.0313. The Hall–Kier alpha value is -1.45. The molecule has 112 valence electrons. The highest BCUT2D eigenvalue weighted by Gasteiger charge is 2.51. The largest absolute Gasteiger partial charge is 0.477 e. The van der Waals surface area contributed by atoms with Gasteiger partial charge in [0.1, 0.15) is 23.7 Å². The molecule has 0 unspecified atom stereocenters. The van der Waals surface area contributed by atoms with Gasteiger partial charge in [0.25, 0.3) is 0 Å². The Morgan fingerprint density at radius 3 is 2.95 bits per heavy atom. The molecule has 0 spiro atoms. The van der Waals surface area contributed by atoms with Crippen LogP contribution in [-0.2, 0) is 19.1 Å². The summed E-state index contributed by atoms with van der Waals surface area (Å²) in [5.41, 5.74) is 6.37. The number of fused-ring (bicyclic) bond motifs is 1. The summed E-state index contributed by atoms with van der Waals surface area (Å²) < 4.78 is 4.79. The molecular weight excluding hydrogens is 316 g/mol. The van der Waals surface area contributed by atoms with Crippen LogP contribution in [0.4, 0.5) is 0 Å². The first-order valence-electron chi connectivity index (χ1n) is 6.14. The van der Waals surface area contributed by atoms with Gasteiger partial charge in [-0.2, -0.15) is 0 Å². The van der Waals surface area contributed by atoms with Crippen molar-refractivity contribution in [3.63, 3.8) is 0 Å². The summed E-state index contributed by atoms with van der Waals surface area (Å²) in [5, 5.41) is 9.08. The van der Waals surface area contributed by atoms with Gasteiger partial charge in [-0.1, -0.05) is 0 Å². The van der Waals surface area contributed by atoms with E-state index in [9.17, 15) is 19.5 Å². The van der Waals surface area contributed by atoms with Gasteiger partial charge in [0.2, 0.25) is 5.91 Å². The van der Waals surface area contributed by atoms with Gasteiger partial charge in [0, 0.05) is 22.5 Å². The average molecular weight is 328 g/mol. The van der Waals surface area contributed by atoms with Crippen LogP contribution in [0.3, 0.4) is 0 Å². The number of hydrogen-bond donors (Lipinski definition) is 2. The van der Waals surface area contributed by atoms with E-state index in [-0.39, 0.29) is 29.6 Å². The SMILES string of the molecule is N[C@@H]1C(=O)N2C(C(=O)O)=C(CSC3=CC(=O)OC3)CS[C@@H]12. The van der Waals surface area contributed by atoms with E-state index < -0.39 is 12.0 Å². The van der Waals surface area contributed by atoms with Crippen molar-refractivity contribution in [1.29, 1.82) is 0 Å². The minimum atomic E-state index is -1.12. The van der Waals surface area contributed by atoms with Gasteiger partial charge in [-0.05, 0) is 5.57 Å². The predicted octanol–water partition coefficient (Wildman–Crippen LogP) is -0.259. The maximum Gasteiger partial charge on any atom is 0.352 e. The van der Waals surface area contributed by atoms with Gasteiger partial charge >= 0.3 is 11.9 Å². The molecule has 1 fully saturated rings. The van der Waals surface area contributed by atoms with Crippen LogP contribution in [0.1, 0.15) is 0 Å². The van der Waals surface area contributed by atoms with E-state index in [1.807, 2.05) is 0 Å². The molecule has 3 heterocycles. The highest BCUT2D eigenvalue weighted by atomic mass is 32.2. The Morgan fingerprint density at radius 2 is 2.33 bits per heavy atom. The number of nitrogens with two attached hydrogens (primary N) is 1. The van der Waals surface area contributed by atoms with E-state index in [1.54, 1.807) is 0 Å². The number of aliphatic carboxylic acids is 1. The molecule has 3 aliphatic heterocycles. The van der Waals surface area contributed by atoms with Crippen LogP contribution < -0.4 is 5.73 Å². The third kappa shape index (κ3) is 2.45. The number of carboxylic acid groups (broad SMARTS) is 1. The van der Waals surface area contributed by atoms with Crippen molar-refractivity contribution >= 4 is 41.4 Å². The molecule has 9 heteroatoms. The van der Waals surface area contributed by atoms with Crippen LogP contribution in [0.25, 0.3) is 0 Å². The number of hydrogen-bond acceptors (Lipinski definition) is 7. The van der Waals surface area contributed by atoms with Gasteiger partial charge in [0.15, 0.2) is 0 Å². The number of cyclic esters (lactones) is 1. The van der Waals surface area contributed by atoms with Gasteiger partial charge in [-0.25, -0.2) is 9.59 Å². The molecule has 7 nitrogen and oxygen atoms in total. The maximum absolute atomic E-state index is 11.8. The van der Waals surface area contributed by atoms with Crippen LogP contribution >= 0.6 is 23.5 Å². The van der Waals surface area contributed by atoms with Crippen LogP contribution in [0.5, 0.6) is 0 Å². The summed E-state index contributed by atoms with van der Waals surface area (Å²) >= 11 is 2.82. The number of esters is 1. The lowest BCUT2D eigenvalue weighted by atomic mass is 10.0. The predicted molar refractivity (Wildman–Crippen MR) is 77.2 cm³/mol. The molecule has 3 N–H and O–H groups in total. The summed E-state index contributed by atoms with van der Waals surface area (Å²) in [6.07, 6.45) is 1.40. The summed E-state index contributed by atoms with van der Waals surface area (Å²) in [7, 11) is 0. The molecule has 0 aliphatic carbocycles. The van der Waals surface area contributed by atoms with Gasteiger partial charge in [-0.15, -0.1) is 23.5 Å². The Balaban J connectivity index is 1.78. The first kappa shape index (κ1) is 14.5. The minimum Gasteiger partial charge on any atom is -0.477 e. The van der Waals surface area contributed by atoms with Crippen LogP contribution in [0.2, 0.25) is 0 Å². The molecule has 21 heavy (non-hydrogen) atoms. The van der Waals surface area contributed by atoms with E-state index in [4.69, 9.17) is 10.5 Å². The maximum atomic E-state index is 11.8. The Bertz CT molecular complexity index is 600. The first-order valence-corrected chi connectivity index (χ1v) is 8.18. The molecule has 1 amide bonds. The van der Waals surface area contributed by atoms with E-state index in [0.29, 0.717) is 17.1 Å². The molecule has 0 aromatic rings. The number of thioether (sulfide) groups is 2. The van der Waals surface area contributed by atoms with E-state index in [1.165, 1.54) is 34.5 Å². The number of carbonyl (C=O) groups excluding carboxylic acids is 2. The molecule has 3 rings (SSSR count).